The Morgan fingerprint density at radius 1 is 0.931 bits per heavy atom. The van der Waals surface area contributed by atoms with Crippen molar-refractivity contribution < 1.29 is 27.9 Å². The summed E-state index contributed by atoms with van der Waals surface area (Å²) in [6.07, 6.45) is 5.66. The molecule has 10 heteroatoms. The zero-order valence-corrected chi connectivity index (χ0v) is 16.5. The second-order valence-corrected chi connectivity index (χ2v) is 9.01. The molecule has 3 N–H and O–H groups in total. The van der Waals surface area contributed by atoms with Crippen LogP contribution in [0.15, 0.2) is 41.3 Å². The second-order valence-electron chi connectivity index (χ2n) is 7.07. The van der Waals surface area contributed by atoms with Crippen LogP contribution >= 0.6 is 0 Å². The van der Waals surface area contributed by atoms with Crippen LogP contribution in [0.3, 0.4) is 0 Å². The van der Waals surface area contributed by atoms with E-state index in [2.05, 4.69) is 10.9 Å². The number of carbonyl (C=O) groups is 3. The number of carboxylic acid groups (broad SMARTS) is 1. The summed E-state index contributed by atoms with van der Waals surface area (Å²) in [4.78, 5) is 35.9. The molecule has 1 saturated heterocycles. The number of benzene rings is 1. The van der Waals surface area contributed by atoms with E-state index in [1.54, 1.807) is 12.2 Å². The minimum absolute atomic E-state index is 0.110. The lowest BCUT2D eigenvalue weighted by molar-refractivity contribution is -0.147. The summed E-state index contributed by atoms with van der Waals surface area (Å²) >= 11 is 0. The molecule has 0 saturated carbocycles. The summed E-state index contributed by atoms with van der Waals surface area (Å²) < 4.78 is 26.4. The molecule has 1 aliphatic carbocycles. The first-order valence-electron chi connectivity index (χ1n) is 9.39. The van der Waals surface area contributed by atoms with Gasteiger partial charge in [0, 0.05) is 18.7 Å². The van der Waals surface area contributed by atoms with Gasteiger partial charge in [0.2, 0.25) is 15.9 Å². The highest BCUT2D eigenvalue weighted by molar-refractivity contribution is 7.89. The molecule has 1 aromatic carbocycles. The average molecular weight is 421 g/mol. The molecule has 1 heterocycles. The molecule has 2 atom stereocenters. The van der Waals surface area contributed by atoms with Crippen molar-refractivity contribution in [2.45, 2.75) is 30.6 Å². The average Bonchev–Trinajstić information content (AvgIpc) is 3.27. The van der Waals surface area contributed by atoms with Gasteiger partial charge in [0.25, 0.3) is 5.91 Å². The number of amides is 2. The van der Waals surface area contributed by atoms with E-state index in [0.29, 0.717) is 13.1 Å². The normalized spacial score (nSPS) is 22.2. The Morgan fingerprint density at radius 3 is 2.10 bits per heavy atom. The molecular weight excluding hydrogens is 398 g/mol. The van der Waals surface area contributed by atoms with E-state index >= 15 is 0 Å². The molecule has 156 valence electrons. The number of rotatable bonds is 5. The molecule has 1 fully saturated rings. The van der Waals surface area contributed by atoms with E-state index in [9.17, 15) is 27.9 Å². The molecule has 3 rings (SSSR count). The van der Waals surface area contributed by atoms with Crippen LogP contribution < -0.4 is 10.9 Å². The van der Waals surface area contributed by atoms with Crippen molar-refractivity contribution in [2.24, 2.45) is 11.8 Å². The van der Waals surface area contributed by atoms with Crippen molar-refractivity contribution in [1.82, 2.24) is 15.2 Å². The Labute approximate surface area is 168 Å². The van der Waals surface area contributed by atoms with Crippen LogP contribution in [-0.4, -0.2) is 48.7 Å². The van der Waals surface area contributed by atoms with Crippen LogP contribution in [0.1, 0.15) is 36.0 Å². The lowest BCUT2D eigenvalue weighted by Crippen LogP contribution is -2.47. The topological polar surface area (TPSA) is 133 Å². The Morgan fingerprint density at radius 2 is 1.52 bits per heavy atom. The van der Waals surface area contributed by atoms with Crippen molar-refractivity contribution in [3.05, 3.63) is 42.0 Å². The van der Waals surface area contributed by atoms with E-state index in [1.807, 2.05) is 0 Å². The van der Waals surface area contributed by atoms with E-state index in [-0.39, 0.29) is 23.3 Å². The first-order valence-corrected chi connectivity index (χ1v) is 10.8. The van der Waals surface area contributed by atoms with Crippen LogP contribution in [0.25, 0.3) is 0 Å². The molecule has 2 aliphatic rings. The third kappa shape index (κ3) is 4.65. The fourth-order valence-electron chi connectivity index (χ4n) is 3.52. The summed E-state index contributed by atoms with van der Waals surface area (Å²) in [6, 6.07) is 5.45. The van der Waals surface area contributed by atoms with Crippen molar-refractivity contribution in [2.75, 3.05) is 13.1 Å². The van der Waals surface area contributed by atoms with Gasteiger partial charge in [-0.15, -0.1) is 0 Å². The van der Waals surface area contributed by atoms with Gasteiger partial charge in [-0.1, -0.05) is 12.2 Å². The molecule has 2 amide bonds. The quantitative estimate of drug-likeness (QED) is 0.478. The van der Waals surface area contributed by atoms with Crippen molar-refractivity contribution >= 4 is 27.8 Å². The van der Waals surface area contributed by atoms with Gasteiger partial charge in [0.15, 0.2) is 0 Å². The Balaban J connectivity index is 1.60. The van der Waals surface area contributed by atoms with Gasteiger partial charge < -0.3 is 5.11 Å². The van der Waals surface area contributed by atoms with Crippen LogP contribution in [0, 0.1) is 11.8 Å². The molecule has 9 nitrogen and oxygen atoms in total. The summed E-state index contributed by atoms with van der Waals surface area (Å²) in [6.45, 7) is 0.981. The number of aliphatic carboxylic acids is 1. The largest absolute Gasteiger partial charge is 0.481 e. The van der Waals surface area contributed by atoms with Gasteiger partial charge in [-0.3, -0.25) is 25.2 Å². The van der Waals surface area contributed by atoms with Gasteiger partial charge in [0.1, 0.15) is 0 Å². The first-order chi connectivity index (χ1) is 13.8. The maximum atomic E-state index is 12.5. The summed E-state index contributed by atoms with van der Waals surface area (Å²) in [5.74, 6) is -3.88. The molecular formula is C19H23N3O6S. The third-order valence-electron chi connectivity index (χ3n) is 5.20. The van der Waals surface area contributed by atoms with Crippen molar-refractivity contribution in [3.8, 4) is 0 Å². The molecule has 0 bridgehead atoms. The summed E-state index contributed by atoms with van der Waals surface area (Å²) in [5.41, 5.74) is 4.69. The number of nitrogens with one attached hydrogen (secondary N) is 2. The lowest BCUT2D eigenvalue weighted by Gasteiger charge is -2.24. The van der Waals surface area contributed by atoms with Gasteiger partial charge >= 0.3 is 5.97 Å². The maximum Gasteiger partial charge on any atom is 0.307 e. The number of carboxylic acids is 1. The number of nitrogens with zero attached hydrogens (tertiary/aromatic N) is 1. The Kier molecular flexibility index (Phi) is 6.33. The Hall–Kier alpha value is -2.72. The predicted molar refractivity (Wildman–Crippen MR) is 103 cm³/mol. The van der Waals surface area contributed by atoms with Gasteiger partial charge in [-0.25, -0.2) is 8.42 Å². The molecule has 0 aromatic heterocycles. The first kappa shape index (κ1) is 21.0. The van der Waals surface area contributed by atoms with Crippen LogP contribution in [-0.2, 0) is 19.6 Å². The highest BCUT2D eigenvalue weighted by atomic mass is 32.2. The highest BCUT2D eigenvalue weighted by Crippen LogP contribution is 2.26. The summed E-state index contributed by atoms with van der Waals surface area (Å²) in [5, 5.41) is 9.23. The zero-order valence-electron chi connectivity index (χ0n) is 15.7. The van der Waals surface area contributed by atoms with Gasteiger partial charge in [-0.2, -0.15) is 4.31 Å². The molecule has 0 spiro atoms. The van der Waals surface area contributed by atoms with Gasteiger partial charge in [0.05, 0.1) is 16.7 Å². The molecule has 1 aromatic rings. The number of hydrogen-bond donors (Lipinski definition) is 3. The van der Waals surface area contributed by atoms with Crippen LogP contribution in [0.4, 0.5) is 0 Å². The van der Waals surface area contributed by atoms with Crippen molar-refractivity contribution in [3.63, 3.8) is 0 Å². The molecule has 0 radical (unpaired) electrons. The third-order valence-corrected chi connectivity index (χ3v) is 7.12. The molecule has 1 aliphatic heterocycles. The smallest absolute Gasteiger partial charge is 0.307 e. The fraction of sp³-hybridized carbons (Fsp3) is 0.421. The zero-order chi connectivity index (χ0) is 21.0. The van der Waals surface area contributed by atoms with E-state index in [1.165, 1.54) is 28.6 Å². The number of sulfonamides is 1. The lowest BCUT2D eigenvalue weighted by atomic mass is 9.82. The number of hydrazine groups is 1. The number of hydrogen-bond acceptors (Lipinski definition) is 5. The van der Waals surface area contributed by atoms with Crippen LogP contribution in [0.2, 0.25) is 0 Å². The second kappa shape index (κ2) is 8.75. The highest BCUT2D eigenvalue weighted by Gasteiger charge is 2.34. The molecule has 2 unspecified atom stereocenters. The fourth-order valence-corrected chi connectivity index (χ4v) is 5.03. The monoisotopic (exact) mass is 421 g/mol. The SMILES string of the molecule is O=C(NNC(=O)C1CC=CCC1C(=O)O)c1ccc(S(=O)(=O)N2CCCC2)cc1. The predicted octanol–water partition coefficient (Wildman–Crippen LogP) is 0.899. The van der Waals surface area contributed by atoms with E-state index in [4.69, 9.17) is 0 Å². The molecule has 29 heavy (non-hydrogen) atoms. The van der Waals surface area contributed by atoms with Crippen LogP contribution in [0.5, 0.6) is 0 Å². The standard InChI is InChI=1S/C19H23N3O6S/c23-17(20-21-18(24)15-5-1-2-6-16(15)19(25)26)13-7-9-14(10-8-13)29(27,28)22-11-3-4-12-22/h1-2,7-10,15-16H,3-6,11-12H2,(H,20,23)(H,21,24)(H,25,26). The number of allylic oxidation sites excluding steroid dienone is 2. The van der Waals surface area contributed by atoms with Crippen molar-refractivity contribution in [1.29, 1.82) is 0 Å². The number of carbonyl (C=O) groups excluding carboxylic acids is 2. The Bertz CT molecular complexity index is 920. The summed E-state index contributed by atoms with van der Waals surface area (Å²) in [7, 11) is -3.57. The van der Waals surface area contributed by atoms with E-state index in [0.717, 1.165) is 12.8 Å². The van der Waals surface area contributed by atoms with Gasteiger partial charge in [-0.05, 0) is 49.9 Å². The minimum atomic E-state index is -3.57. The maximum absolute atomic E-state index is 12.5. The van der Waals surface area contributed by atoms with E-state index < -0.39 is 39.6 Å². The minimum Gasteiger partial charge on any atom is -0.481 e.